The van der Waals surface area contributed by atoms with E-state index in [9.17, 15) is 0 Å². The van der Waals surface area contributed by atoms with Gasteiger partial charge in [0.1, 0.15) is 11.6 Å². The van der Waals surface area contributed by atoms with Gasteiger partial charge < -0.3 is 20.1 Å². The van der Waals surface area contributed by atoms with Crippen LogP contribution in [0.2, 0.25) is 0 Å². The summed E-state index contributed by atoms with van der Waals surface area (Å²) < 4.78 is 2.29. The number of hydrogen-bond donors (Lipinski definition) is 2. The molecule has 146 valence electrons. The maximum Gasteiger partial charge on any atom is 0.191 e. The second-order valence-corrected chi connectivity index (χ2v) is 9.07. The molecule has 26 heavy (non-hydrogen) atoms. The van der Waals surface area contributed by atoms with E-state index in [0.29, 0.717) is 12.0 Å². The summed E-state index contributed by atoms with van der Waals surface area (Å²) >= 11 is 2.04. The molecule has 0 amide bonds. The van der Waals surface area contributed by atoms with Gasteiger partial charge >= 0.3 is 0 Å². The molecule has 3 heterocycles. The molecule has 1 aromatic rings. The number of aliphatic imine (C=N–C) groups is 1. The Balaban J connectivity index is 1.60. The van der Waals surface area contributed by atoms with Gasteiger partial charge in [0.2, 0.25) is 0 Å². The average molecular weight is 380 g/mol. The third-order valence-corrected chi connectivity index (χ3v) is 6.91. The topological polar surface area (TPSA) is 70.4 Å². The van der Waals surface area contributed by atoms with Gasteiger partial charge in [-0.05, 0) is 32.7 Å². The molecule has 1 fully saturated rings. The number of hydrogen-bond acceptors (Lipinski definition) is 5. The highest BCUT2D eigenvalue weighted by molar-refractivity contribution is 7.99. The van der Waals surface area contributed by atoms with E-state index in [0.717, 1.165) is 43.5 Å². The van der Waals surface area contributed by atoms with Crippen LogP contribution in [-0.4, -0.2) is 76.4 Å². The van der Waals surface area contributed by atoms with Gasteiger partial charge in [-0.25, -0.2) is 0 Å². The molecule has 2 aliphatic rings. The van der Waals surface area contributed by atoms with Gasteiger partial charge in [-0.1, -0.05) is 13.8 Å². The van der Waals surface area contributed by atoms with Gasteiger partial charge in [-0.2, -0.15) is 11.8 Å². The van der Waals surface area contributed by atoms with E-state index < -0.39 is 0 Å². The monoisotopic (exact) mass is 379 g/mol. The number of aryl methyl sites for hydroxylation is 1. The summed E-state index contributed by atoms with van der Waals surface area (Å²) in [6.45, 7) is 6.18. The molecule has 0 aromatic carbocycles. The van der Waals surface area contributed by atoms with Crippen molar-refractivity contribution >= 4 is 17.7 Å². The number of fused-ring (bicyclic) bond motifs is 1. The molecule has 0 saturated carbocycles. The molecule has 2 aliphatic heterocycles. The second-order valence-electron chi connectivity index (χ2n) is 7.97. The number of likely N-dealkylation sites (N-methyl/N-ethyl adjacent to an activating group) is 1. The van der Waals surface area contributed by atoms with Crippen LogP contribution < -0.4 is 10.6 Å². The van der Waals surface area contributed by atoms with Crippen LogP contribution in [0.3, 0.4) is 0 Å². The second kappa shape index (κ2) is 8.17. The smallest absolute Gasteiger partial charge is 0.191 e. The Bertz CT molecular complexity index is 631. The summed E-state index contributed by atoms with van der Waals surface area (Å²) in [5.41, 5.74) is 0.223. The number of nitrogens with zero attached hydrogens (tertiary/aromatic N) is 5. The van der Waals surface area contributed by atoms with Crippen molar-refractivity contribution in [1.82, 2.24) is 30.3 Å². The molecule has 2 unspecified atom stereocenters. The Morgan fingerprint density at radius 2 is 2.23 bits per heavy atom. The number of rotatable bonds is 5. The summed E-state index contributed by atoms with van der Waals surface area (Å²) in [7, 11) is 6.23. The van der Waals surface area contributed by atoms with Crippen molar-refractivity contribution in [3.8, 4) is 0 Å². The van der Waals surface area contributed by atoms with E-state index in [-0.39, 0.29) is 5.54 Å². The van der Waals surface area contributed by atoms with E-state index in [4.69, 9.17) is 0 Å². The largest absolute Gasteiger partial charge is 0.355 e. The van der Waals surface area contributed by atoms with Crippen LogP contribution in [0.1, 0.15) is 44.3 Å². The van der Waals surface area contributed by atoms with E-state index in [1.165, 1.54) is 17.9 Å². The lowest BCUT2D eigenvalue weighted by Crippen LogP contribution is -2.56. The Morgan fingerprint density at radius 3 is 2.85 bits per heavy atom. The van der Waals surface area contributed by atoms with Crippen LogP contribution in [0.5, 0.6) is 0 Å². The van der Waals surface area contributed by atoms with Crippen LogP contribution >= 0.6 is 11.8 Å². The molecule has 0 bridgehead atoms. The fourth-order valence-electron chi connectivity index (χ4n) is 3.78. The Morgan fingerprint density at radius 1 is 1.42 bits per heavy atom. The van der Waals surface area contributed by atoms with Gasteiger partial charge in [-0.3, -0.25) is 4.99 Å². The summed E-state index contributed by atoms with van der Waals surface area (Å²) in [6.07, 6.45) is 3.25. The van der Waals surface area contributed by atoms with E-state index in [1.807, 2.05) is 18.8 Å². The third-order valence-electron chi connectivity index (χ3n) is 5.67. The first-order valence-corrected chi connectivity index (χ1v) is 10.7. The van der Waals surface area contributed by atoms with Gasteiger partial charge in [0.25, 0.3) is 0 Å². The summed E-state index contributed by atoms with van der Waals surface area (Å²) in [5, 5.41) is 15.9. The SMILES string of the molecule is CN=C(NCC1(N(C)C)CCSC1)NC1CCc2nnc(C(C)C)n2C1. The van der Waals surface area contributed by atoms with E-state index in [2.05, 4.69) is 63.2 Å². The number of thioether (sulfide) groups is 1. The molecule has 2 N–H and O–H groups in total. The first-order chi connectivity index (χ1) is 12.4. The Hall–Kier alpha value is -1.28. The predicted octanol–water partition coefficient (Wildman–Crippen LogP) is 1.32. The van der Waals surface area contributed by atoms with Crippen LogP contribution in [0.15, 0.2) is 4.99 Å². The minimum atomic E-state index is 0.223. The molecule has 3 rings (SSSR count). The normalized spacial score (nSPS) is 26.4. The fraction of sp³-hybridized carbons (Fsp3) is 0.833. The minimum absolute atomic E-state index is 0.223. The number of guanidine groups is 1. The van der Waals surface area contributed by atoms with Crippen LogP contribution in [0.25, 0.3) is 0 Å². The quantitative estimate of drug-likeness (QED) is 0.594. The van der Waals surface area contributed by atoms with Crippen molar-refractivity contribution < 1.29 is 0 Å². The third kappa shape index (κ3) is 4.01. The van der Waals surface area contributed by atoms with Crippen molar-refractivity contribution in [2.45, 2.75) is 57.2 Å². The summed E-state index contributed by atoms with van der Waals surface area (Å²) in [6, 6.07) is 0.357. The van der Waals surface area contributed by atoms with Crippen molar-refractivity contribution in [2.75, 3.05) is 39.2 Å². The van der Waals surface area contributed by atoms with Crippen molar-refractivity contribution in [2.24, 2.45) is 4.99 Å². The zero-order valence-electron chi connectivity index (χ0n) is 16.7. The first kappa shape index (κ1) is 19.5. The molecule has 1 aromatic heterocycles. The van der Waals surface area contributed by atoms with Gasteiger partial charge in [-0.15, -0.1) is 10.2 Å². The maximum absolute atomic E-state index is 4.46. The minimum Gasteiger partial charge on any atom is -0.355 e. The van der Waals surface area contributed by atoms with Crippen LogP contribution in [-0.2, 0) is 13.0 Å². The fourth-order valence-corrected chi connectivity index (χ4v) is 5.33. The average Bonchev–Trinajstić information content (AvgIpc) is 3.25. The Kier molecular flexibility index (Phi) is 6.12. The highest BCUT2D eigenvalue weighted by Gasteiger charge is 2.36. The van der Waals surface area contributed by atoms with E-state index in [1.54, 1.807) is 0 Å². The molecule has 8 heteroatoms. The van der Waals surface area contributed by atoms with Gasteiger partial charge in [0, 0.05) is 49.8 Å². The first-order valence-electron chi connectivity index (χ1n) is 9.59. The predicted molar refractivity (Wildman–Crippen MR) is 109 cm³/mol. The molecule has 1 saturated heterocycles. The Labute approximate surface area is 161 Å². The lowest BCUT2D eigenvalue weighted by molar-refractivity contribution is 0.182. The highest BCUT2D eigenvalue weighted by Crippen LogP contribution is 2.31. The molecular weight excluding hydrogens is 346 g/mol. The van der Waals surface area contributed by atoms with Gasteiger partial charge in [0.15, 0.2) is 5.96 Å². The molecule has 7 nitrogen and oxygen atoms in total. The molecule has 2 atom stereocenters. The zero-order chi connectivity index (χ0) is 18.7. The highest BCUT2D eigenvalue weighted by atomic mass is 32.2. The van der Waals surface area contributed by atoms with E-state index >= 15 is 0 Å². The molecular formula is C18H33N7S. The number of nitrogens with one attached hydrogen (secondary N) is 2. The van der Waals surface area contributed by atoms with Crippen molar-refractivity contribution in [1.29, 1.82) is 0 Å². The summed E-state index contributed by atoms with van der Waals surface area (Å²) in [4.78, 5) is 6.83. The molecule has 0 radical (unpaired) electrons. The number of aromatic nitrogens is 3. The van der Waals surface area contributed by atoms with Crippen LogP contribution in [0, 0.1) is 0 Å². The standard InChI is InChI=1S/C18H33N7S/c1-13(2)16-23-22-15-7-6-14(10-25(15)16)21-17(19-3)20-11-18(24(4)5)8-9-26-12-18/h13-14H,6-12H2,1-5H3,(H2,19,20,21). The maximum atomic E-state index is 4.46. The zero-order valence-corrected chi connectivity index (χ0v) is 17.6. The molecule has 0 aliphatic carbocycles. The van der Waals surface area contributed by atoms with Crippen molar-refractivity contribution in [3.63, 3.8) is 0 Å². The van der Waals surface area contributed by atoms with Crippen molar-refractivity contribution in [3.05, 3.63) is 11.6 Å². The lowest BCUT2D eigenvalue weighted by Gasteiger charge is -2.36. The van der Waals surface area contributed by atoms with Crippen LogP contribution in [0.4, 0.5) is 0 Å². The lowest BCUT2D eigenvalue weighted by atomic mass is 9.97. The molecule has 0 spiro atoms. The summed E-state index contributed by atoms with van der Waals surface area (Å²) in [5.74, 6) is 5.91. The van der Waals surface area contributed by atoms with Gasteiger partial charge in [0.05, 0.1) is 0 Å².